The van der Waals surface area contributed by atoms with Gasteiger partial charge in [0, 0.05) is 10.1 Å². The van der Waals surface area contributed by atoms with Crippen LogP contribution in [0.5, 0.6) is 0 Å². The van der Waals surface area contributed by atoms with E-state index in [2.05, 4.69) is 22.8 Å². The summed E-state index contributed by atoms with van der Waals surface area (Å²) in [6.45, 7) is 0.955. The first-order valence-electron chi connectivity index (χ1n) is 8.13. The second kappa shape index (κ2) is 7.32. The second-order valence-electron chi connectivity index (χ2n) is 6.01. The van der Waals surface area contributed by atoms with Gasteiger partial charge < -0.3 is 10.6 Å². The number of benzene rings is 1. The largest absolute Gasteiger partial charge is 0.324 e. The van der Waals surface area contributed by atoms with Crippen LogP contribution in [0.1, 0.15) is 44.9 Å². The molecular weight excluding hydrogens is 280 g/mol. The Hall–Kier alpha value is -1.00. The lowest BCUT2D eigenvalue weighted by atomic mass is 10.0. The fourth-order valence-corrected chi connectivity index (χ4v) is 4.49. The van der Waals surface area contributed by atoms with Gasteiger partial charge in [0.15, 0.2) is 0 Å². The topological polar surface area (TPSA) is 41.1 Å². The molecule has 2 N–H and O–H groups in total. The molecule has 3 nitrogen and oxygen atoms in total. The van der Waals surface area contributed by atoms with E-state index in [1.807, 2.05) is 23.9 Å². The van der Waals surface area contributed by atoms with E-state index in [1.165, 1.54) is 37.0 Å². The molecule has 1 saturated heterocycles. The van der Waals surface area contributed by atoms with Crippen LogP contribution in [-0.4, -0.2) is 23.7 Å². The molecule has 1 atom stereocenters. The van der Waals surface area contributed by atoms with Gasteiger partial charge in [-0.25, -0.2) is 0 Å². The minimum absolute atomic E-state index is 0.0247. The maximum atomic E-state index is 12.4. The summed E-state index contributed by atoms with van der Waals surface area (Å²) in [6.07, 6.45) is 8.57. The van der Waals surface area contributed by atoms with Crippen molar-refractivity contribution in [3.8, 4) is 0 Å². The van der Waals surface area contributed by atoms with E-state index >= 15 is 0 Å². The Bertz CT molecular complexity index is 479. The lowest BCUT2D eigenvalue weighted by Crippen LogP contribution is -2.43. The summed E-state index contributed by atoms with van der Waals surface area (Å²) in [5, 5.41) is 7.16. The van der Waals surface area contributed by atoms with Gasteiger partial charge in [0.25, 0.3) is 0 Å². The number of nitrogens with one attached hydrogen (secondary N) is 2. The summed E-state index contributed by atoms with van der Waals surface area (Å²) in [5.74, 6) is 0.120. The highest BCUT2D eigenvalue weighted by atomic mass is 32.2. The number of carbonyl (C=O) groups excluding carboxylic acids is 1. The molecule has 1 aromatic carbocycles. The molecule has 1 heterocycles. The quantitative estimate of drug-likeness (QED) is 0.889. The predicted octanol–water partition coefficient (Wildman–Crippen LogP) is 3.80. The van der Waals surface area contributed by atoms with Crippen LogP contribution in [0.25, 0.3) is 0 Å². The molecule has 0 spiro atoms. The van der Waals surface area contributed by atoms with Gasteiger partial charge in [-0.1, -0.05) is 31.4 Å². The van der Waals surface area contributed by atoms with E-state index < -0.39 is 0 Å². The fraction of sp³-hybridized carbons (Fsp3) is 0.588. The zero-order chi connectivity index (χ0) is 14.5. The molecule has 4 heteroatoms. The monoisotopic (exact) mass is 304 g/mol. The number of hydrogen-bond acceptors (Lipinski definition) is 3. The highest BCUT2D eigenvalue weighted by Crippen LogP contribution is 2.38. The van der Waals surface area contributed by atoms with Crippen LogP contribution in [0.15, 0.2) is 29.2 Å². The molecule has 0 bridgehead atoms. The molecule has 1 aliphatic heterocycles. The molecule has 0 aromatic heterocycles. The third kappa shape index (κ3) is 4.01. The average molecular weight is 304 g/mol. The Labute approximate surface area is 131 Å². The second-order valence-corrected chi connectivity index (χ2v) is 7.35. The van der Waals surface area contributed by atoms with E-state index in [0.717, 1.165) is 30.3 Å². The van der Waals surface area contributed by atoms with Crippen LogP contribution in [0.3, 0.4) is 0 Å². The van der Waals surface area contributed by atoms with Crippen LogP contribution < -0.4 is 10.6 Å². The lowest BCUT2D eigenvalue weighted by Gasteiger charge is -2.23. The van der Waals surface area contributed by atoms with Gasteiger partial charge in [-0.3, -0.25) is 4.79 Å². The summed E-state index contributed by atoms with van der Waals surface area (Å²) in [4.78, 5) is 13.6. The molecule has 0 radical (unpaired) electrons. The first-order chi connectivity index (χ1) is 10.3. The van der Waals surface area contributed by atoms with Crippen LogP contribution >= 0.6 is 11.8 Å². The fourth-order valence-electron chi connectivity index (χ4n) is 3.15. The van der Waals surface area contributed by atoms with E-state index in [4.69, 9.17) is 0 Å². The molecular formula is C17H24N2OS. The van der Waals surface area contributed by atoms with Crippen LogP contribution in [0.4, 0.5) is 5.69 Å². The Morgan fingerprint density at radius 3 is 2.62 bits per heavy atom. The molecule has 1 aliphatic carbocycles. The number of carbonyl (C=O) groups is 1. The van der Waals surface area contributed by atoms with E-state index in [9.17, 15) is 4.79 Å². The number of hydrogen-bond donors (Lipinski definition) is 2. The molecule has 0 unspecified atom stereocenters. The summed E-state index contributed by atoms with van der Waals surface area (Å²) >= 11 is 1.93. The minimum atomic E-state index is -0.0247. The maximum absolute atomic E-state index is 12.4. The van der Waals surface area contributed by atoms with Crippen LogP contribution in [0.2, 0.25) is 0 Å². The lowest BCUT2D eigenvalue weighted by molar-refractivity contribution is -0.118. The molecule has 114 valence electrons. The predicted molar refractivity (Wildman–Crippen MR) is 88.8 cm³/mol. The SMILES string of the molecule is O=C(Nc1ccccc1SC1CCCC1)[C@H]1CCCCN1. The number of thioether (sulfide) groups is 1. The number of piperidine rings is 1. The maximum Gasteiger partial charge on any atom is 0.241 e. The van der Waals surface area contributed by atoms with Crippen LogP contribution in [0, 0.1) is 0 Å². The number of rotatable bonds is 4. The van der Waals surface area contributed by atoms with E-state index in [1.54, 1.807) is 0 Å². The van der Waals surface area contributed by atoms with Crippen molar-refractivity contribution >= 4 is 23.4 Å². The van der Waals surface area contributed by atoms with Crippen molar-refractivity contribution in [1.82, 2.24) is 5.32 Å². The van der Waals surface area contributed by atoms with Crippen molar-refractivity contribution in [2.45, 2.75) is 61.1 Å². The summed E-state index contributed by atoms with van der Waals surface area (Å²) in [5.41, 5.74) is 0.978. The standard InChI is InChI=1S/C17H24N2OS/c20-17(15-10-5-6-12-18-15)19-14-9-3-4-11-16(14)21-13-7-1-2-8-13/h3-4,9,11,13,15,18H,1-2,5-8,10,12H2,(H,19,20)/t15-/m1/s1. The Morgan fingerprint density at radius 2 is 1.86 bits per heavy atom. The molecule has 1 saturated carbocycles. The summed E-state index contributed by atoms with van der Waals surface area (Å²) in [7, 11) is 0. The third-order valence-electron chi connectivity index (χ3n) is 4.37. The normalized spacial score (nSPS) is 23.1. The van der Waals surface area contributed by atoms with Gasteiger partial charge >= 0.3 is 0 Å². The first kappa shape index (κ1) is 14.9. The molecule has 3 rings (SSSR count). The van der Waals surface area contributed by atoms with Gasteiger partial charge in [0.1, 0.15) is 0 Å². The van der Waals surface area contributed by atoms with Gasteiger partial charge in [-0.15, -0.1) is 11.8 Å². The van der Waals surface area contributed by atoms with Crippen molar-refractivity contribution in [2.24, 2.45) is 0 Å². The van der Waals surface area contributed by atoms with E-state index in [-0.39, 0.29) is 11.9 Å². The Morgan fingerprint density at radius 1 is 1.10 bits per heavy atom. The van der Waals surface area contributed by atoms with Crippen molar-refractivity contribution < 1.29 is 4.79 Å². The van der Waals surface area contributed by atoms with Gasteiger partial charge in [0.2, 0.25) is 5.91 Å². The number of para-hydroxylation sites is 1. The Kier molecular flexibility index (Phi) is 5.20. The smallest absolute Gasteiger partial charge is 0.241 e. The van der Waals surface area contributed by atoms with Crippen LogP contribution in [-0.2, 0) is 4.79 Å². The van der Waals surface area contributed by atoms with Gasteiger partial charge in [0.05, 0.1) is 11.7 Å². The third-order valence-corrected chi connectivity index (χ3v) is 5.78. The van der Waals surface area contributed by atoms with Crippen molar-refractivity contribution in [3.05, 3.63) is 24.3 Å². The Balaban J connectivity index is 1.65. The summed E-state index contributed by atoms with van der Waals surface area (Å²) in [6, 6.07) is 8.20. The average Bonchev–Trinajstić information content (AvgIpc) is 3.03. The van der Waals surface area contributed by atoms with Gasteiger partial charge in [-0.05, 0) is 44.4 Å². The molecule has 1 aromatic rings. The molecule has 21 heavy (non-hydrogen) atoms. The van der Waals surface area contributed by atoms with E-state index in [0.29, 0.717) is 0 Å². The van der Waals surface area contributed by atoms with Gasteiger partial charge in [-0.2, -0.15) is 0 Å². The summed E-state index contributed by atoms with van der Waals surface area (Å²) < 4.78 is 0. The zero-order valence-electron chi connectivity index (χ0n) is 12.4. The number of amides is 1. The van der Waals surface area contributed by atoms with Crippen molar-refractivity contribution in [1.29, 1.82) is 0 Å². The highest BCUT2D eigenvalue weighted by molar-refractivity contribution is 8.00. The molecule has 1 amide bonds. The van der Waals surface area contributed by atoms with Crippen molar-refractivity contribution in [3.63, 3.8) is 0 Å². The highest BCUT2D eigenvalue weighted by Gasteiger charge is 2.22. The molecule has 2 aliphatic rings. The molecule has 2 fully saturated rings. The zero-order valence-corrected chi connectivity index (χ0v) is 13.3. The first-order valence-corrected chi connectivity index (χ1v) is 9.01. The minimum Gasteiger partial charge on any atom is -0.324 e. The number of anilines is 1. The van der Waals surface area contributed by atoms with Crippen molar-refractivity contribution in [2.75, 3.05) is 11.9 Å².